The summed E-state index contributed by atoms with van der Waals surface area (Å²) in [5, 5.41) is 12.2. The average Bonchev–Trinajstić information content (AvgIpc) is 2.82. The van der Waals surface area contributed by atoms with E-state index in [0.717, 1.165) is 10.7 Å². The Kier molecular flexibility index (Phi) is 5.30. The summed E-state index contributed by atoms with van der Waals surface area (Å²) in [6.07, 6.45) is 0. The zero-order valence-corrected chi connectivity index (χ0v) is 12.9. The van der Waals surface area contributed by atoms with Crippen molar-refractivity contribution in [2.75, 3.05) is 13.2 Å². The number of amides is 1. The van der Waals surface area contributed by atoms with Gasteiger partial charge >= 0.3 is 0 Å². The molecule has 0 spiro atoms. The highest BCUT2D eigenvalue weighted by atomic mass is 32.1. The maximum absolute atomic E-state index is 11.7. The molecule has 2 aromatic rings. The summed E-state index contributed by atoms with van der Waals surface area (Å²) in [5.74, 6) is 0.487. The predicted octanol–water partition coefficient (Wildman–Crippen LogP) is 2.06. The Morgan fingerprint density at radius 1 is 1.33 bits per heavy atom. The molecular formula is C15H18N2O3S. The van der Waals surface area contributed by atoms with Crippen LogP contribution >= 0.6 is 11.3 Å². The SMILES string of the molecule is Cc1nc(COc2ccc(C(=O)NCCO)cc2)sc1C. The van der Waals surface area contributed by atoms with Crippen molar-refractivity contribution < 1.29 is 14.6 Å². The number of aliphatic hydroxyl groups excluding tert-OH is 1. The van der Waals surface area contributed by atoms with Gasteiger partial charge in [-0.05, 0) is 38.1 Å². The first-order valence-electron chi connectivity index (χ1n) is 6.65. The molecule has 0 aliphatic carbocycles. The standard InChI is InChI=1S/C15H18N2O3S/c1-10-11(2)21-14(17-10)9-20-13-5-3-12(4-6-13)15(19)16-7-8-18/h3-6,18H,7-9H2,1-2H3,(H,16,19). The molecule has 21 heavy (non-hydrogen) atoms. The number of thiazole rings is 1. The van der Waals surface area contributed by atoms with Gasteiger partial charge < -0.3 is 15.2 Å². The number of rotatable bonds is 6. The smallest absolute Gasteiger partial charge is 0.251 e. The largest absolute Gasteiger partial charge is 0.486 e. The summed E-state index contributed by atoms with van der Waals surface area (Å²) in [6.45, 7) is 4.63. The van der Waals surface area contributed by atoms with E-state index in [0.29, 0.717) is 17.9 Å². The Balaban J connectivity index is 1.91. The van der Waals surface area contributed by atoms with Crippen LogP contribution in [0.2, 0.25) is 0 Å². The van der Waals surface area contributed by atoms with Crippen LogP contribution in [-0.2, 0) is 6.61 Å². The highest BCUT2D eigenvalue weighted by molar-refractivity contribution is 7.11. The van der Waals surface area contributed by atoms with E-state index in [1.165, 1.54) is 4.88 Å². The van der Waals surface area contributed by atoms with E-state index in [-0.39, 0.29) is 19.1 Å². The highest BCUT2D eigenvalue weighted by Gasteiger charge is 2.06. The number of hydrogen-bond donors (Lipinski definition) is 2. The van der Waals surface area contributed by atoms with Crippen molar-refractivity contribution in [3.8, 4) is 5.75 Å². The van der Waals surface area contributed by atoms with E-state index in [1.807, 2.05) is 13.8 Å². The maximum Gasteiger partial charge on any atom is 0.251 e. The Labute approximate surface area is 127 Å². The van der Waals surface area contributed by atoms with Gasteiger partial charge in [0.05, 0.1) is 12.3 Å². The predicted molar refractivity (Wildman–Crippen MR) is 81.8 cm³/mol. The highest BCUT2D eigenvalue weighted by Crippen LogP contribution is 2.19. The number of nitrogens with one attached hydrogen (secondary N) is 1. The number of hydrogen-bond acceptors (Lipinski definition) is 5. The maximum atomic E-state index is 11.7. The van der Waals surface area contributed by atoms with Crippen molar-refractivity contribution in [1.82, 2.24) is 10.3 Å². The summed E-state index contributed by atoms with van der Waals surface area (Å²) in [5.41, 5.74) is 1.58. The molecule has 0 saturated heterocycles. The molecule has 0 atom stereocenters. The lowest BCUT2D eigenvalue weighted by Gasteiger charge is -2.06. The monoisotopic (exact) mass is 306 g/mol. The Morgan fingerprint density at radius 2 is 2.05 bits per heavy atom. The molecule has 5 nitrogen and oxygen atoms in total. The van der Waals surface area contributed by atoms with Crippen molar-refractivity contribution >= 4 is 17.2 Å². The lowest BCUT2D eigenvalue weighted by molar-refractivity contribution is 0.0944. The molecule has 0 saturated carbocycles. The molecule has 0 fully saturated rings. The van der Waals surface area contributed by atoms with Crippen LogP contribution in [0.15, 0.2) is 24.3 Å². The second kappa shape index (κ2) is 7.19. The normalized spacial score (nSPS) is 10.4. The number of carbonyl (C=O) groups is 1. The average molecular weight is 306 g/mol. The zero-order valence-electron chi connectivity index (χ0n) is 12.0. The molecule has 0 aliphatic heterocycles. The van der Waals surface area contributed by atoms with E-state index < -0.39 is 0 Å². The van der Waals surface area contributed by atoms with Crippen molar-refractivity contribution in [2.24, 2.45) is 0 Å². The zero-order chi connectivity index (χ0) is 15.2. The first-order valence-corrected chi connectivity index (χ1v) is 7.46. The molecule has 0 aliphatic rings. The van der Waals surface area contributed by atoms with Crippen molar-refractivity contribution in [3.63, 3.8) is 0 Å². The molecule has 1 aromatic heterocycles. The molecule has 2 N–H and O–H groups in total. The number of aryl methyl sites for hydroxylation is 2. The molecule has 6 heteroatoms. The minimum absolute atomic E-state index is 0.0699. The first-order chi connectivity index (χ1) is 10.1. The van der Waals surface area contributed by atoms with Gasteiger partial charge in [0, 0.05) is 17.0 Å². The summed E-state index contributed by atoms with van der Waals surface area (Å²) in [6, 6.07) is 6.89. The molecule has 112 valence electrons. The Bertz CT molecular complexity index is 588. The van der Waals surface area contributed by atoms with Crippen LogP contribution in [0.4, 0.5) is 0 Å². The van der Waals surface area contributed by atoms with Gasteiger partial charge in [-0.15, -0.1) is 11.3 Å². The topological polar surface area (TPSA) is 71.5 Å². The molecule has 2 rings (SSSR count). The number of ether oxygens (including phenoxy) is 1. The summed E-state index contributed by atoms with van der Waals surface area (Å²) in [7, 11) is 0. The summed E-state index contributed by atoms with van der Waals surface area (Å²) < 4.78 is 5.65. The van der Waals surface area contributed by atoms with Crippen LogP contribution in [0.3, 0.4) is 0 Å². The van der Waals surface area contributed by atoms with Crippen LogP contribution in [0, 0.1) is 13.8 Å². The number of carbonyl (C=O) groups excluding carboxylic acids is 1. The molecule has 0 bridgehead atoms. The van der Waals surface area contributed by atoms with Gasteiger partial charge in [0.1, 0.15) is 17.4 Å². The number of aliphatic hydroxyl groups is 1. The molecule has 0 radical (unpaired) electrons. The van der Waals surface area contributed by atoms with Crippen molar-refractivity contribution in [2.45, 2.75) is 20.5 Å². The van der Waals surface area contributed by atoms with E-state index in [9.17, 15) is 4.79 Å². The minimum Gasteiger partial charge on any atom is -0.486 e. The van der Waals surface area contributed by atoms with Gasteiger partial charge in [-0.3, -0.25) is 4.79 Å². The second-order valence-electron chi connectivity index (χ2n) is 4.54. The third kappa shape index (κ3) is 4.27. The van der Waals surface area contributed by atoms with Crippen LogP contribution in [-0.4, -0.2) is 29.1 Å². The van der Waals surface area contributed by atoms with Gasteiger partial charge in [0.25, 0.3) is 5.91 Å². The van der Waals surface area contributed by atoms with Crippen LogP contribution in [0.5, 0.6) is 5.75 Å². The van der Waals surface area contributed by atoms with Gasteiger partial charge in [-0.2, -0.15) is 0 Å². The molecule has 0 unspecified atom stereocenters. The fourth-order valence-electron chi connectivity index (χ4n) is 1.72. The van der Waals surface area contributed by atoms with Gasteiger partial charge in [0.15, 0.2) is 0 Å². The minimum atomic E-state index is -0.207. The fourth-order valence-corrected chi connectivity index (χ4v) is 2.57. The van der Waals surface area contributed by atoms with E-state index in [4.69, 9.17) is 9.84 Å². The van der Waals surface area contributed by atoms with Gasteiger partial charge in [-0.1, -0.05) is 0 Å². The first kappa shape index (κ1) is 15.5. The van der Waals surface area contributed by atoms with E-state index in [1.54, 1.807) is 35.6 Å². The lowest BCUT2D eigenvalue weighted by atomic mass is 10.2. The van der Waals surface area contributed by atoms with E-state index in [2.05, 4.69) is 10.3 Å². The summed E-state index contributed by atoms with van der Waals surface area (Å²) in [4.78, 5) is 17.3. The fraction of sp³-hybridized carbons (Fsp3) is 0.333. The third-order valence-corrected chi connectivity index (χ3v) is 4.00. The van der Waals surface area contributed by atoms with Crippen LogP contribution < -0.4 is 10.1 Å². The second-order valence-corrected chi connectivity index (χ2v) is 5.83. The molecule has 1 amide bonds. The quantitative estimate of drug-likeness (QED) is 0.857. The van der Waals surface area contributed by atoms with Crippen LogP contribution in [0.1, 0.15) is 25.9 Å². The lowest BCUT2D eigenvalue weighted by Crippen LogP contribution is -2.26. The van der Waals surface area contributed by atoms with Gasteiger partial charge in [0.2, 0.25) is 0 Å². The number of aromatic nitrogens is 1. The van der Waals surface area contributed by atoms with E-state index >= 15 is 0 Å². The van der Waals surface area contributed by atoms with Crippen LogP contribution in [0.25, 0.3) is 0 Å². The molecule has 1 aromatic carbocycles. The third-order valence-electron chi connectivity index (χ3n) is 2.95. The van der Waals surface area contributed by atoms with Crippen molar-refractivity contribution in [3.05, 3.63) is 45.4 Å². The van der Waals surface area contributed by atoms with Crippen molar-refractivity contribution in [1.29, 1.82) is 0 Å². The molecular weight excluding hydrogens is 288 g/mol. The number of benzene rings is 1. The Morgan fingerprint density at radius 3 is 2.62 bits per heavy atom. The summed E-state index contributed by atoms with van der Waals surface area (Å²) >= 11 is 1.63. The molecule has 1 heterocycles. The Hall–Kier alpha value is -1.92. The van der Waals surface area contributed by atoms with Gasteiger partial charge in [-0.25, -0.2) is 4.98 Å². The number of nitrogens with zero attached hydrogens (tertiary/aromatic N) is 1.